The Morgan fingerprint density at radius 2 is 2.09 bits per heavy atom. The smallest absolute Gasteiger partial charge is 0.331 e. The van der Waals surface area contributed by atoms with Crippen molar-refractivity contribution in [2.45, 2.75) is 44.1 Å². The molecule has 3 aliphatic rings. The van der Waals surface area contributed by atoms with Crippen LogP contribution in [0.2, 0.25) is 0 Å². The maximum atomic E-state index is 13.3. The average Bonchev–Trinajstić information content (AvgIpc) is 3.13. The Balaban J connectivity index is 1.38. The second kappa shape index (κ2) is 7.86. The summed E-state index contributed by atoms with van der Waals surface area (Å²) in [7, 11) is 0. The van der Waals surface area contributed by atoms with E-state index in [4.69, 9.17) is 0 Å². The Kier molecular flexibility index (Phi) is 4.84. The van der Waals surface area contributed by atoms with Crippen LogP contribution in [0, 0.1) is 0 Å². The van der Waals surface area contributed by atoms with E-state index in [-0.39, 0.29) is 18.0 Å². The van der Waals surface area contributed by atoms with Crippen LogP contribution in [-0.2, 0) is 0 Å². The molecule has 0 unspecified atom stereocenters. The number of rotatable bonds is 4. The number of nitrogens with one attached hydrogen (secondary N) is 3. The molecule has 4 heterocycles. The highest BCUT2D eigenvalue weighted by molar-refractivity contribution is 7.21. The minimum atomic E-state index is -0.248. The Hall–Kier alpha value is -2.97. The van der Waals surface area contributed by atoms with Crippen LogP contribution in [0.4, 0.5) is 21.9 Å². The lowest BCUT2D eigenvalue weighted by molar-refractivity contribution is 0.0935. The highest BCUT2D eigenvalue weighted by Crippen LogP contribution is 2.46. The monoisotopic (exact) mass is 447 g/mol. The number of carbonyl (C=O) groups excluding carboxylic acids is 2. The third-order valence-electron chi connectivity index (χ3n) is 6.79. The summed E-state index contributed by atoms with van der Waals surface area (Å²) in [6, 6.07) is 9.98. The van der Waals surface area contributed by atoms with Crippen LogP contribution in [0.15, 0.2) is 36.5 Å². The molecule has 3 amide bonds. The number of hydrogen-bond donors (Lipinski definition) is 3. The Labute approximate surface area is 190 Å². The maximum Gasteiger partial charge on any atom is 0.331 e. The van der Waals surface area contributed by atoms with E-state index < -0.39 is 0 Å². The molecular formula is C24H25N5O2S. The van der Waals surface area contributed by atoms with Gasteiger partial charge in [-0.2, -0.15) is 0 Å². The number of pyridine rings is 1. The molecule has 6 rings (SSSR count). The zero-order chi connectivity index (χ0) is 21.7. The summed E-state index contributed by atoms with van der Waals surface area (Å²) >= 11 is 1.33. The Morgan fingerprint density at radius 1 is 1.19 bits per heavy atom. The minimum absolute atomic E-state index is 0.103. The molecule has 1 aromatic carbocycles. The van der Waals surface area contributed by atoms with Gasteiger partial charge in [0.25, 0.3) is 5.91 Å². The summed E-state index contributed by atoms with van der Waals surface area (Å²) in [4.78, 5) is 33.9. The van der Waals surface area contributed by atoms with E-state index in [1.807, 2.05) is 18.2 Å². The maximum absolute atomic E-state index is 13.3. The molecule has 1 saturated heterocycles. The molecule has 164 valence electrons. The van der Waals surface area contributed by atoms with Gasteiger partial charge in [0.1, 0.15) is 9.71 Å². The quantitative estimate of drug-likeness (QED) is 0.540. The average molecular weight is 448 g/mol. The number of hydrogen-bond acceptors (Lipinski definition) is 5. The number of amides is 3. The fraction of sp³-hybridized carbons (Fsp3) is 0.375. The molecule has 8 heteroatoms. The van der Waals surface area contributed by atoms with Crippen molar-refractivity contribution in [2.75, 3.05) is 23.3 Å². The topological polar surface area (TPSA) is 86.4 Å². The van der Waals surface area contributed by atoms with Gasteiger partial charge in [-0.3, -0.25) is 9.69 Å². The summed E-state index contributed by atoms with van der Waals surface area (Å²) in [5, 5.41) is 10.3. The first kappa shape index (κ1) is 19.7. The third kappa shape index (κ3) is 3.25. The van der Waals surface area contributed by atoms with Crippen molar-refractivity contribution in [1.82, 2.24) is 15.6 Å². The third-order valence-corrected chi connectivity index (χ3v) is 7.89. The highest BCUT2D eigenvalue weighted by Gasteiger charge is 2.33. The van der Waals surface area contributed by atoms with Gasteiger partial charge in [-0.15, -0.1) is 11.3 Å². The summed E-state index contributed by atoms with van der Waals surface area (Å²) in [5.41, 5.74) is 3.47. The van der Waals surface area contributed by atoms with E-state index in [1.54, 1.807) is 11.1 Å². The molecule has 3 aromatic rings. The summed E-state index contributed by atoms with van der Waals surface area (Å²) in [5.74, 6) is 0.435. The summed E-state index contributed by atoms with van der Waals surface area (Å²) in [6.07, 6.45) is 7.40. The van der Waals surface area contributed by atoms with E-state index in [9.17, 15) is 9.59 Å². The molecule has 0 spiro atoms. The van der Waals surface area contributed by atoms with Gasteiger partial charge >= 0.3 is 6.03 Å². The van der Waals surface area contributed by atoms with E-state index >= 15 is 0 Å². The Bertz CT molecular complexity index is 1210. The highest BCUT2D eigenvalue weighted by atomic mass is 32.1. The van der Waals surface area contributed by atoms with Crippen molar-refractivity contribution < 1.29 is 9.59 Å². The first-order valence-corrected chi connectivity index (χ1v) is 12.1. The van der Waals surface area contributed by atoms with Gasteiger partial charge in [-0.05, 0) is 61.9 Å². The van der Waals surface area contributed by atoms with Crippen molar-refractivity contribution in [1.29, 1.82) is 0 Å². The SMILES string of the molecule is O=C(N[C@@H]1CCCNC1)c1sc2nccc3c2c1NC(=O)N3c1cccc(C2CCC2)c1. The van der Waals surface area contributed by atoms with E-state index in [0.29, 0.717) is 16.5 Å². The second-order valence-electron chi connectivity index (χ2n) is 8.82. The van der Waals surface area contributed by atoms with Gasteiger partial charge in [0, 0.05) is 18.8 Å². The van der Waals surface area contributed by atoms with Crippen molar-refractivity contribution in [2.24, 2.45) is 0 Å². The number of carbonyl (C=O) groups is 2. The number of thiophene rings is 1. The molecule has 7 nitrogen and oxygen atoms in total. The van der Waals surface area contributed by atoms with Crippen LogP contribution in [0.1, 0.15) is 53.3 Å². The van der Waals surface area contributed by atoms with Crippen molar-refractivity contribution in [3.05, 3.63) is 47.0 Å². The molecule has 1 saturated carbocycles. The van der Waals surface area contributed by atoms with Crippen LogP contribution >= 0.6 is 11.3 Å². The van der Waals surface area contributed by atoms with Crippen LogP contribution in [0.5, 0.6) is 0 Å². The molecule has 2 aromatic heterocycles. The minimum Gasteiger partial charge on any atom is -0.347 e. The predicted octanol–water partition coefficient (Wildman–Crippen LogP) is 4.73. The van der Waals surface area contributed by atoms with E-state index in [2.05, 4.69) is 33.1 Å². The molecule has 1 aliphatic carbocycles. The fourth-order valence-electron chi connectivity index (χ4n) is 4.89. The zero-order valence-corrected chi connectivity index (χ0v) is 18.5. The zero-order valence-electron chi connectivity index (χ0n) is 17.7. The number of urea groups is 1. The number of aromatic nitrogens is 1. The van der Waals surface area contributed by atoms with Crippen LogP contribution < -0.4 is 20.9 Å². The predicted molar refractivity (Wildman–Crippen MR) is 127 cm³/mol. The first-order chi connectivity index (χ1) is 15.7. The largest absolute Gasteiger partial charge is 0.347 e. The lowest BCUT2D eigenvalue weighted by atomic mass is 9.80. The van der Waals surface area contributed by atoms with Crippen molar-refractivity contribution in [3.63, 3.8) is 0 Å². The second-order valence-corrected chi connectivity index (χ2v) is 9.82. The summed E-state index contributed by atoms with van der Waals surface area (Å²) < 4.78 is 0. The first-order valence-electron chi connectivity index (χ1n) is 11.3. The summed E-state index contributed by atoms with van der Waals surface area (Å²) in [6.45, 7) is 1.76. The lowest BCUT2D eigenvalue weighted by Crippen LogP contribution is -2.45. The number of piperidine rings is 1. The van der Waals surface area contributed by atoms with Crippen LogP contribution in [0.25, 0.3) is 10.2 Å². The molecule has 1 atom stereocenters. The molecule has 0 bridgehead atoms. The number of benzene rings is 1. The van der Waals surface area contributed by atoms with Crippen molar-refractivity contribution >= 4 is 50.6 Å². The molecular weight excluding hydrogens is 422 g/mol. The van der Waals surface area contributed by atoms with Gasteiger partial charge in [0.15, 0.2) is 0 Å². The van der Waals surface area contributed by atoms with Gasteiger partial charge < -0.3 is 16.0 Å². The molecule has 32 heavy (non-hydrogen) atoms. The standard InChI is InChI=1S/C24H25N5O2S/c30-22(27-16-7-3-10-25-13-16)21-20-19-18(9-11-26-23(19)32-21)29(24(31)28-20)17-8-2-6-15(12-17)14-4-1-5-14/h2,6,8-9,11-12,14,16,25H,1,3-5,7,10,13H2,(H,27,30)(H,28,31)/t16-/m1/s1. The lowest BCUT2D eigenvalue weighted by Gasteiger charge is -2.30. The van der Waals surface area contributed by atoms with Gasteiger partial charge in [0.05, 0.1) is 22.4 Å². The van der Waals surface area contributed by atoms with Gasteiger partial charge in [-0.25, -0.2) is 9.78 Å². The van der Waals surface area contributed by atoms with Crippen LogP contribution in [-0.4, -0.2) is 36.1 Å². The number of nitrogens with zero attached hydrogens (tertiary/aromatic N) is 2. The normalized spacial score (nSPS) is 20.7. The Morgan fingerprint density at radius 3 is 2.88 bits per heavy atom. The molecule has 2 fully saturated rings. The van der Waals surface area contributed by atoms with Crippen LogP contribution in [0.3, 0.4) is 0 Å². The van der Waals surface area contributed by atoms with Gasteiger partial charge in [-0.1, -0.05) is 18.6 Å². The van der Waals surface area contributed by atoms with E-state index in [0.717, 1.165) is 47.5 Å². The molecule has 3 N–H and O–H groups in total. The molecule has 2 aliphatic heterocycles. The number of anilines is 3. The van der Waals surface area contributed by atoms with E-state index in [1.165, 1.54) is 36.2 Å². The van der Waals surface area contributed by atoms with Gasteiger partial charge in [0.2, 0.25) is 0 Å². The van der Waals surface area contributed by atoms with Crippen molar-refractivity contribution in [3.8, 4) is 0 Å². The molecule has 0 radical (unpaired) electrons. The fourth-order valence-corrected chi connectivity index (χ4v) is 5.91.